The zero-order valence-electron chi connectivity index (χ0n) is 14.9. The van der Waals surface area contributed by atoms with Crippen LogP contribution in [0.3, 0.4) is 0 Å². The van der Waals surface area contributed by atoms with Crippen molar-refractivity contribution in [3.63, 3.8) is 0 Å². The maximum absolute atomic E-state index is 12.8. The van der Waals surface area contributed by atoms with E-state index in [2.05, 4.69) is 15.5 Å². The van der Waals surface area contributed by atoms with E-state index in [1.165, 1.54) is 16.9 Å². The summed E-state index contributed by atoms with van der Waals surface area (Å²) in [4.78, 5) is 17.4. The number of carbonyl (C=O) groups excluding carboxylic acids is 1. The summed E-state index contributed by atoms with van der Waals surface area (Å²) in [7, 11) is 0. The lowest BCUT2D eigenvalue weighted by molar-refractivity contribution is 0.102. The molecular formula is C21H17N3O2S. The van der Waals surface area contributed by atoms with E-state index in [1.54, 1.807) is 6.92 Å². The quantitative estimate of drug-likeness (QED) is 0.523. The van der Waals surface area contributed by atoms with E-state index in [0.29, 0.717) is 22.1 Å². The first-order valence-electron chi connectivity index (χ1n) is 8.47. The molecule has 0 radical (unpaired) electrons. The second kappa shape index (κ2) is 7.17. The molecule has 0 unspecified atom stereocenters. The van der Waals surface area contributed by atoms with Crippen LogP contribution in [-0.2, 0) is 0 Å². The summed E-state index contributed by atoms with van der Waals surface area (Å²) in [6, 6.07) is 17.6. The molecule has 4 aromatic rings. The molecule has 0 atom stereocenters. The van der Waals surface area contributed by atoms with Gasteiger partial charge >= 0.3 is 0 Å². The Balaban J connectivity index is 1.59. The highest BCUT2D eigenvalue weighted by atomic mass is 32.1. The molecule has 5 nitrogen and oxygen atoms in total. The van der Waals surface area contributed by atoms with Gasteiger partial charge in [-0.15, -0.1) is 11.3 Å². The summed E-state index contributed by atoms with van der Waals surface area (Å²) in [5, 5.41) is 9.39. The van der Waals surface area contributed by atoms with Crippen molar-refractivity contribution in [3.8, 4) is 22.5 Å². The topological polar surface area (TPSA) is 68.0 Å². The van der Waals surface area contributed by atoms with Gasteiger partial charge in [0.15, 0.2) is 5.13 Å². The van der Waals surface area contributed by atoms with Crippen LogP contribution in [0.15, 0.2) is 64.5 Å². The number of hydrogen-bond donors (Lipinski definition) is 1. The van der Waals surface area contributed by atoms with E-state index in [0.717, 1.165) is 16.8 Å². The van der Waals surface area contributed by atoms with E-state index < -0.39 is 0 Å². The molecular weight excluding hydrogens is 358 g/mol. The molecule has 0 aliphatic rings. The molecule has 1 N–H and O–H groups in total. The Morgan fingerprint density at radius 2 is 1.74 bits per heavy atom. The molecule has 0 aliphatic heterocycles. The lowest BCUT2D eigenvalue weighted by Gasteiger charge is -2.03. The van der Waals surface area contributed by atoms with Crippen molar-refractivity contribution in [1.82, 2.24) is 10.1 Å². The van der Waals surface area contributed by atoms with E-state index in [-0.39, 0.29) is 5.91 Å². The number of hydrogen-bond acceptors (Lipinski definition) is 5. The fraction of sp³-hybridized carbons (Fsp3) is 0.0952. The minimum absolute atomic E-state index is 0.280. The Kier molecular flexibility index (Phi) is 4.56. The van der Waals surface area contributed by atoms with Crippen LogP contribution in [0.2, 0.25) is 0 Å². The van der Waals surface area contributed by atoms with Crippen molar-refractivity contribution >= 4 is 22.4 Å². The predicted octanol–water partition coefficient (Wildman–Crippen LogP) is 5.33. The molecule has 0 fully saturated rings. The molecule has 0 saturated heterocycles. The molecule has 27 heavy (non-hydrogen) atoms. The highest BCUT2D eigenvalue weighted by Gasteiger charge is 2.22. The largest absolute Gasteiger partial charge is 0.360 e. The van der Waals surface area contributed by atoms with Gasteiger partial charge in [0.2, 0.25) is 0 Å². The van der Waals surface area contributed by atoms with Crippen LogP contribution in [0, 0.1) is 13.8 Å². The van der Waals surface area contributed by atoms with Crippen LogP contribution in [0.1, 0.15) is 21.7 Å². The summed E-state index contributed by atoms with van der Waals surface area (Å²) in [5.41, 5.74) is 4.83. The first-order chi connectivity index (χ1) is 13.1. The fourth-order valence-corrected chi connectivity index (χ4v) is 3.50. The molecule has 4 rings (SSSR count). The first kappa shape index (κ1) is 17.2. The summed E-state index contributed by atoms with van der Waals surface area (Å²) in [5.74, 6) is 0.194. The number of thiazole rings is 1. The molecule has 1 amide bonds. The minimum atomic E-state index is -0.280. The Labute approximate surface area is 160 Å². The number of nitrogens with zero attached hydrogens (tertiary/aromatic N) is 2. The Morgan fingerprint density at radius 3 is 2.48 bits per heavy atom. The first-order valence-corrected chi connectivity index (χ1v) is 9.35. The predicted molar refractivity (Wildman–Crippen MR) is 107 cm³/mol. The van der Waals surface area contributed by atoms with Gasteiger partial charge in [-0.05, 0) is 13.8 Å². The zero-order chi connectivity index (χ0) is 18.8. The van der Waals surface area contributed by atoms with Gasteiger partial charge in [0, 0.05) is 16.5 Å². The van der Waals surface area contributed by atoms with Gasteiger partial charge in [-0.2, -0.15) is 0 Å². The van der Waals surface area contributed by atoms with E-state index in [4.69, 9.17) is 4.52 Å². The van der Waals surface area contributed by atoms with E-state index >= 15 is 0 Å². The van der Waals surface area contributed by atoms with E-state index in [9.17, 15) is 4.79 Å². The zero-order valence-corrected chi connectivity index (χ0v) is 15.7. The number of benzene rings is 2. The van der Waals surface area contributed by atoms with Crippen LogP contribution in [0.5, 0.6) is 0 Å². The average Bonchev–Trinajstić information content (AvgIpc) is 3.30. The van der Waals surface area contributed by atoms with Crippen molar-refractivity contribution in [3.05, 3.63) is 76.9 Å². The third kappa shape index (κ3) is 3.52. The van der Waals surface area contributed by atoms with Gasteiger partial charge in [-0.1, -0.05) is 65.3 Å². The van der Waals surface area contributed by atoms with Crippen LogP contribution < -0.4 is 5.32 Å². The average molecular weight is 375 g/mol. The van der Waals surface area contributed by atoms with Gasteiger partial charge in [0.1, 0.15) is 17.0 Å². The van der Waals surface area contributed by atoms with Gasteiger partial charge < -0.3 is 4.52 Å². The molecule has 6 heteroatoms. The third-order valence-electron chi connectivity index (χ3n) is 4.21. The number of carbonyl (C=O) groups is 1. The maximum atomic E-state index is 12.8. The Morgan fingerprint density at radius 1 is 1.00 bits per heavy atom. The number of aryl methyl sites for hydroxylation is 2. The number of amides is 1. The summed E-state index contributed by atoms with van der Waals surface area (Å²) in [6.45, 7) is 3.77. The number of rotatable bonds is 4. The molecule has 0 saturated carbocycles. The maximum Gasteiger partial charge on any atom is 0.263 e. The van der Waals surface area contributed by atoms with Crippen molar-refractivity contribution in [2.24, 2.45) is 0 Å². The third-order valence-corrected chi connectivity index (χ3v) is 4.97. The molecule has 2 aromatic carbocycles. The number of anilines is 1. The highest BCUT2D eigenvalue weighted by molar-refractivity contribution is 7.14. The lowest BCUT2D eigenvalue weighted by atomic mass is 10.1. The standard InChI is InChI=1S/C21H17N3O2S/c1-13-8-10-15(11-9-13)17-12-27-21(22-17)23-20(25)18-14(2)26-24-19(18)16-6-4-3-5-7-16/h3-12H,1-2H3,(H,22,23,25). The van der Waals surface area contributed by atoms with Gasteiger partial charge in [0.05, 0.1) is 5.69 Å². The van der Waals surface area contributed by atoms with Crippen LogP contribution in [0.25, 0.3) is 22.5 Å². The molecule has 134 valence electrons. The highest BCUT2D eigenvalue weighted by Crippen LogP contribution is 2.28. The minimum Gasteiger partial charge on any atom is -0.360 e. The second-order valence-electron chi connectivity index (χ2n) is 6.19. The Bertz CT molecular complexity index is 1080. The van der Waals surface area contributed by atoms with Crippen LogP contribution >= 0.6 is 11.3 Å². The number of aromatic nitrogens is 2. The van der Waals surface area contributed by atoms with Gasteiger partial charge in [0.25, 0.3) is 5.91 Å². The van der Waals surface area contributed by atoms with E-state index in [1.807, 2.05) is 66.9 Å². The summed E-state index contributed by atoms with van der Waals surface area (Å²) < 4.78 is 5.27. The molecule has 2 heterocycles. The van der Waals surface area contributed by atoms with Crippen molar-refractivity contribution in [2.45, 2.75) is 13.8 Å². The van der Waals surface area contributed by atoms with Gasteiger partial charge in [-0.3, -0.25) is 10.1 Å². The van der Waals surface area contributed by atoms with Crippen LogP contribution in [0.4, 0.5) is 5.13 Å². The fourth-order valence-electron chi connectivity index (χ4n) is 2.78. The second-order valence-corrected chi connectivity index (χ2v) is 7.04. The van der Waals surface area contributed by atoms with Crippen molar-refractivity contribution in [2.75, 3.05) is 5.32 Å². The molecule has 0 spiro atoms. The SMILES string of the molecule is Cc1ccc(-c2csc(NC(=O)c3c(-c4ccccc4)noc3C)n2)cc1. The van der Waals surface area contributed by atoms with Crippen molar-refractivity contribution in [1.29, 1.82) is 0 Å². The molecule has 0 bridgehead atoms. The number of nitrogens with one attached hydrogen (secondary N) is 1. The van der Waals surface area contributed by atoms with Crippen LogP contribution in [-0.4, -0.2) is 16.0 Å². The lowest BCUT2D eigenvalue weighted by Crippen LogP contribution is -2.13. The summed E-state index contributed by atoms with van der Waals surface area (Å²) >= 11 is 1.39. The van der Waals surface area contributed by atoms with Crippen molar-refractivity contribution < 1.29 is 9.32 Å². The van der Waals surface area contributed by atoms with Gasteiger partial charge in [-0.25, -0.2) is 4.98 Å². The molecule has 0 aliphatic carbocycles. The monoisotopic (exact) mass is 375 g/mol. The smallest absolute Gasteiger partial charge is 0.263 e. The molecule has 2 aromatic heterocycles. The summed E-state index contributed by atoms with van der Waals surface area (Å²) in [6.07, 6.45) is 0. The normalized spacial score (nSPS) is 10.7. The Hall–Kier alpha value is -3.25.